The minimum absolute atomic E-state index is 0.0275. The maximum absolute atomic E-state index is 13.3. The van der Waals surface area contributed by atoms with Gasteiger partial charge in [-0.05, 0) is 54.1 Å². The van der Waals surface area contributed by atoms with Crippen LogP contribution in [0.1, 0.15) is 15.9 Å². The molecule has 9 heteroatoms. The third kappa shape index (κ3) is 4.94. The molecule has 0 aliphatic carbocycles. The smallest absolute Gasteiger partial charge is 0.265 e. The van der Waals surface area contributed by atoms with Crippen LogP contribution in [-0.2, 0) is 6.42 Å². The van der Waals surface area contributed by atoms with Crippen LogP contribution in [0, 0.1) is 5.82 Å². The number of hydrogen-bond acceptors (Lipinski definition) is 7. The van der Waals surface area contributed by atoms with E-state index in [1.165, 1.54) is 49.1 Å². The molecule has 38 heavy (non-hydrogen) atoms. The largest absolute Gasteiger partial charge is 0.491 e. The third-order valence-electron chi connectivity index (χ3n) is 5.89. The van der Waals surface area contributed by atoms with Gasteiger partial charge < -0.3 is 14.2 Å². The third-order valence-corrected chi connectivity index (χ3v) is 5.89. The molecule has 0 spiro atoms. The van der Waals surface area contributed by atoms with Crippen molar-refractivity contribution in [3.05, 3.63) is 112 Å². The van der Waals surface area contributed by atoms with Crippen LogP contribution >= 0.6 is 0 Å². The maximum Gasteiger partial charge on any atom is 0.265 e. The average molecular weight is 512 g/mol. The Balaban J connectivity index is 1.34. The Bertz CT molecular complexity index is 1680. The highest BCUT2D eigenvalue weighted by atomic mass is 19.1. The molecular weight excluding hydrogens is 489 g/mol. The molecule has 5 rings (SSSR count). The topological polar surface area (TPSA) is 92.5 Å². The van der Waals surface area contributed by atoms with E-state index in [1.807, 2.05) is 0 Å². The van der Waals surface area contributed by atoms with Crippen molar-refractivity contribution in [3.8, 4) is 28.8 Å². The minimum atomic E-state index is -0.465. The average Bonchev–Trinajstić information content (AvgIpc) is 2.94. The summed E-state index contributed by atoms with van der Waals surface area (Å²) in [6.07, 6.45) is 3.18. The summed E-state index contributed by atoms with van der Waals surface area (Å²) in [7, 11) is 3.03. The Kier molecular flexibility index (Phi) is 6.82. The van der Waals surface area contributed by atoms with E-state index in [1.54, 1.807) is 54.9 Å². The highest BCUT2D eigenvalue weighted by Crippen LogP contribution is 2.33. The molecule has 0 aliphatic rings. The zero-order chi connectivity index (χ0) is 26.6. The summed E-state index contributed by atoms with van der Waals surface area (Å²) in [6.45, 7) is 0. The van der Waals surface area contributed by atoms with Gasteiger partial charge in [-0.2, -0.15) is 0 Å². The standard InChI is InChI=1S/C29H22FN3O5/c1-36-26-17-23-27(32-28(26)37-2)25(13-14-31-23)38-21-11-5-18(6-12-21)16-24(34)22-4-3-15-33(29(22)35)20-9-7-19(30)8-10-20/h3-15,17H,16H2,1-2H3. The Hall–Kier alpha value is -5.05. The summed E-state index contributed by atoms with van der Waals surface area (Å²) in [5, 5.41) is 0. The SMILES string of the molecule is COc1cc2nccc(Oc3ccc(CC(=O)c4cccn(-c5ccc(F)cc5)c4=O)cc3)c2nc1OC. The van der Waals surface area contributed by atoms with Gasteiger partial charge in [0.1, 0.15) is 17.1 Å². The number of carbonyl (C=O) groups is 1. The molecule has 0 radical (unpaired) electrons. The number of ether oxygens (including phenoxy) is 3. The molecule has 190 valence electrons. The van der Waals surface area contributed by atoms with Crippen molar-refractivity contribution in [2.45, 2.75) is 6.42 Å². The van der Waals surface area contributed by atoms with Gasteiger partial charge in [-0.25, -0.2) is 9.37 Å². The fraction of sp³-hybridized carbons (Fsp3) is 0.103. The number of ketones is 1. The van der Waals surface area contributed by atoms with Crippen molar-refractivity contribution in [1.82, 2.24) is 14.5 Å². The number of nitrogens with zero attached hydrogens (tertiary/aromatic N) is 3. The van der Waals surface area contributed by atoms with Gasteiger partial charge >= 0.3 is 0 Å². The van der Waals surface area contributed by atoms with E-state index in [2.05, 4.69) is 9.97 Å². The summed E-state index contributed by atoms with van der Waals surface area (Å²) < 4.78 is 31.2. The Morgan fingerprint density at radius 2 is 1.71 bits per heavy atom. The van der Waals surface area contributed by atoms with Crippen molar-refractivity contribution < 1.29 is 23.4 Å². The van der Waals surface area contributed by atoms with E-state index in [0.29, 0.717) is 45.4 Å². The second-order valence-corrected chi connectivity index (χ2v) is 8.30. The lowest BCUT2D eigenvalue weighted by Gasteiger charge is -2.11. The molecule has 0 unspecified atom stereocenters. The number of Topliss-reactive ketones (excluding diaryl/α,β-unsaturated/α-hetero) is 1. The van der Waals surface area contributed by atoms with Crippen LogP contribution in [0.3, 0.4) is 0 Å². The van der Waals surface area contributed by atoms with Crippen LogP contribution in [0.15, 0.2) is 90.0 Å². The van der Waals surface area contributed by atoms with Crippen LogP contribution in [0.4, 0.5) is 4.39 Å². The summed E-state index contributed by atoms with van der Waals surface area (Å²) in [4.78, 5) is 34.7. The zero-order valence-electron chi connectivity index (χ0n) is 20.6. The van der Waals surface area contributed by atoms with Crippen LogP contribution < -0.4 is 19.8 Å². The van der Waals surface area contributed by atoms with Crippen molar-refractivity contribution in [3.63, 3.8) is 0 Å². The summed E-state index contributed by atoms with van der Waals surface area (Å²) in [6, 6.07) is 19.0. The van der Waals surface area contributed by atoms with Crippen molar-refractivity contribution in [1.29, 1.82) is 0 Å². The maximum atomic E-state index is 13.3. The number of rotatable bonds is 8. The highest BCUT2D eigenvalue weighted by molar-refractivity contribution is 5.97. The van der Waals surface area contributed by atoms with E-state index in [0.717, 1.165) is 0 Å². The lowest BCUT2D eigenvalue weighted by Crippen LogP contribution is -2.25. The van der Waals surface area contributed by atoms with E-state index >= 15 is 0 Å². The number of halogens is 1. The Labute approximate surface area is 216 Å². The number of pyridine rings is 3. The molecule has 0 fully saturated rings. The first-order valence-electron chi connectivity index (χ1n) is 11.6. The van der Waals surface area contributed by atoms with Crippen LogP contribution in [0.25, 0.3) is 16.7 Å². The van der Waals surface area contributed by atoms with Crippen molar-refractivity contribution in [2.75, 3.05) is 14.2 Å². The Morgan fingerprint density at radius 1 is 0.947 bits per heavy atom. The molecule has 0 N–H and O–H groups in total. The second kappa shape index (κ2) is 10.5. The zero-order valence-corrected chi connectivity index (χ0v) is 20.6. The first-order valence-corrected chi connectivity index (χ1v) is 11.6. The molecule has 0 amide bonds. The number of aromatic nitrogens is 3. The number of hydrogen-bond donors (Lipinski definition) is 0. The number of fused-ring (bicyclic) bond motifs is 1. The number of methoxy groups -OCH3 is 2. The van der Waals surface area contributed by atoms with Crippen LogP contribution in [0.5, 0.6) is 23.1 Å². The van der Waals surface area contributed by atoms with Gasteiger partial charge in [0.25, 0.3) is 11.4 Å². The predicted molar refractivity (Wildman–Crippen MR) is 139 cm³/mol. The van der Waals surface area contributed by atoms with Crippen molar-refractivity contribution in [2.24, 2.45) is 0 Å². The highest BCUT2D eigenvalue weighted by Gasteiger charge is 2.15. The fourth-order valence-corrected chi connectivity index (χ4v) is 3.98. The molecule has 0 saturated heterocycles. The number of carbonyl (C=O) groups excluding carboxylic acids is 1. The molecule has 0 bridgehead atoms. The van der Waals surface area contributed by atoms with E-state index in [4.69, 9.17) is 14.2 Å². The molecule has 8 nitrogen and oxygen atoms in total. The van der Waals surface area contributed by atoms with Gasteiger partial charge in [0.05, 0.1) is 25.3 Å². The van der Waals surface area contributed by atoms with Gasteiger partial charge in [-0.15, -0.1) is 0 Å². The van der Waals surface area contributed by atoms with Gasteiger partial charge in [0.2, 0.25) is 0 Å². The molecule has 0 atom stereocenters. The van der Waals surface area contributed by atoms with E-state index < -0.39 is 11.4 Å². The summed E-state index contributed by atoms with van der Waals surface area (Å²) in [5.74, 6) is 1.04. The van der Waals surface area contributed by atoms with Crippen LogP contribution in [-0.4, -0.2) is 34.5 Å². The van der Waals surface area contributed by atoms with E-state index in [-0.39, 0.29) is 17.8 Å². The molecule has 3 heterocycles. The quantitative estimate of drug-likeness (QED) is 0.266. The molecule has 5 aromatic rings. The lowest BCUT2D eigenvalue weighted by atomic mass is 10.0. The second-order valence-electron chi connectivity index (χ2n) is 8.30. The van der Waals surface area contributed by atoms with E-state index in [9.17, 15) is 14.0 Å². The summed E-state index contributed by atoms with van der Waals surface area (Å²) >= 11 is 0. The normalized spacial score (nSPS) is 10.8. The molecule has 0 aliphatic heterocycles. The number of benzene rings is 2. The summed E-state index contributed by atoms with van der Waals surface area (Å²) in [5.41, 5.74) is 1.86. The lowest BCUT2D eigenvalue weighted by molar-refractivity contribution is 0.0991. The Morgan fingerprint density at radius 3 is 2.42 bits per heavy atom. The van der Waals surface area contributed by atoms with Gasteiger partial charge in [0.15, 0.2) is 17.3 Å². The van der Waals surface area contributed by atoms with Crippen LogP contribution in [0.2, 0.25) is 0 Å². The predicted octanol–water partition coefficient (Wildman–Crippen LogP) is 5.15. The first kappa shape index (κ1) is 24.6. The monoisotopic (exact) mass is 511 g/mol. The molecular formula is C29H22FN3O5. The molecule has 0 saturated carbocycles. The molecule has 2 aromatic carbocycles. The van der Waals surface area contributed by atoms with Crippen molar-refractivity contribution >= 4 is 16.8 Å². The first-order chi connectivity index (χ1) is 18.5. The van der Waals surface area contributed by atoms with Gasteiger partial charge in [-0.3, -0.25) is 19.1 Å². The molecule has 3 aromatic heterocycles. The van der Waals surface area contributed by atoms with Gasteiger partial charge in [0, 0.05) is 36.6 Å². The minimum Gasteiger partial charge on any atom is -0.491 e. The van der Waals surface area contributed by atoms with Gasteiger partial charge in [-0.1, -0.05) is 12.1 Å². The fourth-order valence-electron chi connectivity index (χ4n) is 3.98.